The van der Waals surface area contributed by atoms with E-state index >= 15 is 0 Å². The van der Waals surface area contributed by atoms with Crippen molar-refractivity contribution < 1.29 is 0 Å². The van der Waals surface area contributed by atoms with Gasteiger partial charge in [0.1, 0.15) is 0 Å². The molecule has 0 aliphatic carbocycles. The van der Waals surface area contributed by atoms with Crippen molar-refractivity contribution in [1.29, 1.82) is 5.26 Å². The minimum absolute atomic E-state index is 0.160. The Balaban J connectivity index is 2.85. The third kappa shape index (κ3) is 2.22. The van der Waals surface area contributed by atoms with Gasteiger partial charge >= 0.3 is 77.1 Å². The fraction of sp³-hybridized carbons (Fsp3) is 0.222. The second-order valence-corrected chi connectivity index (χ2v) is 4.85. The van der Waals surface area contributed by atoms with Gasteiger partial charge in [-0.1, -0.05) is 0 Å². The van der Waals surface area contributed by atoms with Crippen LogP contribution in [0.25, 0.3) is 0 Å². The Hall–Kier alpha value is -0.500. The quantitative estimate of drug-likeness (QED) is 0.745. The predicted molar refractivity (Wildman–Crippen MR) is 46.4 cm³/mol. The first kappa shape index (κ1) is 8.59. The van der Waals surface area contributed by atoms with Crippen molar-refractivity contribution in [3.05, 3.63) is 35.9 Å². The van der Waals surface area contributed by atoms with Crippen LogP contribution in [0.4, 0.5) is 0 Å². The Morgan fingerprint density at radius 1 is 1.36 bits per heavy atom. The third-order valence-electron chi connectivity index (χ3n) is 1.46. The van der Waals surface area contributed by atoms with Gasteiger partial charge in [0, 0.05) is 0 Å². The average molecular weight is 259 g/mol. The zero-order valence-electron chi connectivity index (χ0n) is 6.32. The summed E-state index contributed by atoms with van der Waals surface area (Å²) in [6.07, 6.45) is 0. The molecule has 1 aromatic carbocycles. The summed E-state index contributed by atoms with van der Waals surface area (Å²) in [6, 6.07) is 12.3. The summed E-state index contributed by atoms with van der Waals surface area (Å²) in [4.78, 5) is 2.16. The zero-order chi connectivity index (χ0) is 8.10. The molecule has 11 heavy (non-hydrogen) atoms. The SMILES string of the molecule is C[Te]C(C#N)c1ccccc1. The molecule has 1 nitrogen and oxygen atoms in total. The Bertz CT molecular complexity index is 250. The Morgan fingerprint density at radius 2 is 2.00 bits per heavy atom. The molecular weight excluding hydrogens is 250 g/mol. The maximum absolute atomic E-state index is 8.76. The van der Waals surface area contributed by atoms with Gasteiger partial charge in [-0.2, -0.15) is 0 Å². The topological polar surface area (TPSA) is 23.8 Å². The van der Waals surface area contributed by atoms with Gasteiger partial charge in [-0.3, -0.25) is 0 Å². The van der Waals surface area contributed by atoms with E-state index in [-0.39, 0.29) is 24.9 Å². The Kier molecular flexibility index (Phi) is 3.43. The van der Waals surface area contributed by atoms with Crippen LogP contribution in [0.15, 0.2) is 30.3 Å². The van der Waals surface area contributed by atoms with E-state index in [1.54, 1.807) is 0 Å². The van der Waals surface area contributed by atoms with Gasteiger partial charge in [-0.15, -0.1) is 0 Å². The van der Waals surface area contributed by atoms with Crippen LogP contribution in [0.5, 0.6) is 0 Å². The molecule has 0 bridgehead atoms. The van der Waals surface area contributed by atoms with E-state index in [9.17, 15) is 0 Å². The number of rotatable bonds is 2. The van der Waals surface area contributed by atoms with Gasteiger partial charge in [0.05, 0.1) is 0 Å². The van der Waals surface area contributed by atoms with Crippen molar-refractivity contribution in [1.82, 2.24) is 0 Å². The van der Waals surface area contributed by atoms with E-state index in [0.717, 1.165) is 0 Å². The van der Waals surface area contributed by atoms with E-state index in [1.165, 1.54) is 5.56 Å². The van der Waals surface area contributed by atoms with E-state index in [4.69, 9.17) is 5.26 Å². The van der Waals surface area contributed by atoms with Crippen LogP contribution in [0.2, 0.25) is 4.97 Å². The molecule has 0 amide bonds. The average Bonchev–Trinajstić information content (AvgIpc) is 2.09. The number of benzene rings is 1. The summed E-state index contributed by atoms with van der Waals surface area (Å²) >= 11 is -0.160. The molecule has 0 saturated carbocycles. The fourth-order valence-electron chi connectivity index (χ4n) is 0.891. The van der Waals surface area contributed by atoms with Gasteiger partial charge in [0.15, 0.2) is 0 Å². The summed E-state index contributed by atoms with van der Waals surface area (Å²) in [7, 11) is 0. The molecule has 0 N–H and O–H groups in total. The fourth-order valence-corrected chi connectivity index (χ4v) is 2.42. The molecule has 0 heterocycles. The molecular formula is C9H9NTe. The molecule has 56 valence electrons. The third-order valence-corrected chi connectivity index (χ3v) is 3.88. The number of hydrogen-bond acceptors (Lipinski definition) is 1. The van der Waals surface area contributed by atoms with Crippen LogP contribution in [0.1, 0.15) is 9.53 Å². The van der Waals surface area contributed by atoms with Crippen LogP contribution in [-0.4, -0.2) is 20.9 Å². The standard InChI is InChI=1S/C9H9NTe/c1-11-9(7-10)8-5-3-2-4-6-8/h2-6,9H,1H3. The summed E-state index contributed by atoms with van der Waals surface area (Å²) in [5.74, 6) is 0. The van der Waals surface area contributed by atoms with E-state index < -0.39 is 0 Å². The molecule has 0 spiro atoms. The van der Waals surface area contributed by atoms with Crippen LogP contribution in [0.3, 0.4) is 0 Å². The molecule has 1 rings (SSSR count). The van der Waals surface area contributed by atoms with Gasteiger partial charge < -0.3 is 0 Å². The molecule has 0 saturated heterocycles. The molecule has 0 aliphatic heterocycles. The molecule has 0 aromatic heterocycles. The van der Waals surface area contributed by atoms with Crippen LogP contribution < -0.4 is 0 Å². The van der Waals surface area contributed by atoms with Crippen molar-refractivity contribution in [2.45, 2.75) is 8.94 Å². The minimum atomic E-state index is -0.160. The molecule has 1 unspecified atom stereocenters. The van der Waals surface area contributed by atoms with Gasteiger partial charge in [0.2, 0.25) is 0 Å². The molecule has 0 fully saturated rings. The van der Waals surface area contributed by atoms with Crippen molar-refractivity contribution in [2.75, 3.05) is 0 Å². The van der Waals surface area contributed by atoms with Crippen molar-refractivity contribution >= 4 is 20.9 Å². The molecule has 2 heteroatoms. The van der Waals surface area contributed by atoms with Crippen LogP contribution in [-0.2, 0) is 0 Å². The van der Waals surface area contributed by atoms with Gasteiger partial charge in [-0.25, -0.2) is 0 Å². The van der Waals surface area contributed by atoms with Gasteiger partial charge in [0.25, 0.3) is 0 Å². The number of nitrogens with zero attached hydrogens (tertiary/aromatic N) is 1. The normalized spacial score (nSPS) is 12.0. The first-order valence-corrected chi connectivity index (χ1v) is 7.03. The van der Waals surface area contributed by atoms with Crippen molar-refractivity contribution in [3.8, 4) is 6.07 Å². The summed E-state index contributed by atoms with van der Waals surface area (Å²) < 4.78 is 0.196. The van der Waals surface area contributed by atoms with Crippen molar-refractivity contribution in [3.63, 3.8) is 0 Å². The second kappa shape index (κ2) is 4.39. The van der Waals surface area contributed by atoms with E-state index in [2.05, 4.69) is 11.0 Å². The Labute approximate surface area is 77.1 Å². The first-order chi connectivity index (χ1) is 5.38. The summed E-state index contributed by atoms with van der Waals surface area (Å²) in [5, 5.41) is 8.76. The molecule has 1 aromatic rings. The monoisotopic (exact) mass is 261 g/mol. The second-order valence-electron chi connectivity index (χ2n) is 2.16. The number of hydrogen-bond donors (Lipinski definition) is 0. The van der Waals surface area contributed by atoms with Gasteiger partial charge in [-0.05, 0) is 0 Å². The predicted octanol–water partition coefficient (Wildman–Crippen LogP) is 2.00. The molecule has 0 aliphatic rings. The molecule has 1 atom stereocenters. The first-order valence-electron chi connectivity index (χ1n) is 3.36. The zero-order valence-corrected chi connectivity index (χ0v) is 8.65. The maximum atomic E-state index is 8.76. The Morgan fingerprint density at radius 3 is 2.45 bits per heavy atom. The summed E-state index contributed by atoms with van der Waals surface area (Å²) in [5.41, 5.74) is 1.18. The van der Waals surface area contributed by atoms with Crippen molar-refractivity contribution in [2.24, 2.45) is 0 Å². The van der Waals surface area contributed by atoms with E-state index in [0.29, 0.717) is 0 Å². The van der Waals surface area contributed by atoms with E-state index in [1.807, 2.05) is 30.3 Å². The molecule has 0 radical (unpaired) electrons. The summed E-state index contributed by atoms with van der Waals surface area (Å²) in [6.45, 7) is 0. The van der Waals surface area contributed by atoms with Crippen LogP contribution >= 0.6 is 0 Å². The van der Waals surface area contributed by atoms with Crippen LogP contribution in [0, 0.1) is 11.3 Å². The number of nitriles is 1.